The fraction of sp³-hybridized carbons (Fsp3) is 0.375. The van der Waals surface area contributed by atoms with Crippen LogP contribution in [0.15, 0.2) is 35.7 Å². The van der Waals surface area contributed by atoms with E-state index in [1.165, 1.54) is 28.4 Å². The van der Waals surface area contributed by atoms with Gasteiger partial charge in [0, 0.05) is 20.2 Å². The topological polar surface area (TPSA) is 55.8 Å². The fourth-order valence-corrected chi connectivity index (χ4v) is 2.04. The van der Waals surface area contributed by atoms with Crippen LogP contribution in [-0.2, 0) is 14.3 Å². The first-order valence-corrected chi connectivity index (χ1v) is 7.90. The Balaban J connectivity index is 2.70. The zero-order valence-corrected chi connectivity index (χ0v) is 13.9. The Bertz CT molecular complexity index is 532. The maximum atomic E-state index is 11.7. The first kappa shape index (κ1) is 18.0. The minimum atomic E-state index is -0.474. The summed E-state index contributed by atoms with van der Waals surface area (Å²) >= 11 is 1.45. The van der Waals surface area contributed by atoms with Gasteiger partial charge < -0.3 is 14.4 Å². The van der Waals surface area contributed by atoms with Gasteiger partial charge in [-0.05, 0) is 23.9 Å². The lowest BCUT2D eigenvalue weighted by atomic mass is 10.3. The van der Waals surface area contributed by atoms with Crippen LogP contribution in [0.25, 0.3) is 5.76 Å². The Kier molecular flexibility index (Phi) is 7.99. The number of hydrogen-bond donors (Lipinski definition) is 0. The minimum Gasteiger partial charge on any atom is -0.463 e. The number of unbranched alkanes of at least 4 members (excludes halogenated alkanes) is 1. The number of rotatable bonds is 7. The molecule has 0 atom stereocenters. The quantitative estimate of drug-likeness (QED) is 0.252. The monoisotopic (exact) mass is 323 g/mol. The van der Waals surface area contributed by atoms with Gasteiger partial charge in [-0.25, -0.2) is 9.59 Å². The highest BCUT2D eigenvalue weighted by Crippen LogP contribution is 2.22. The number of nitrogens with zero attached hydrogens (tertiary/aromatic N) is 1. The van der Waals surface area contributed by atoms with E-state index in [1.807, 2.05) is 24.4 Å². The van der Waals surface area contributed by atoms with Crippen molar-refractivity contribution < 1.29 is 19.1 Å². The van der Waals surface area contributed by atoms with Gasteiger partial charge in [0.15, 0.2) is 0 Å². The second-order valence-corrected chi connectivity index (χ2v) is 5.60. The lowest BCUT2D eigenvalue weighted by Gasteiger charge is -2.12. The lowest BCUT2D eigenvalue weighted by Crippen LogP contribution is -2.22. The summed E-state index contributed by atoms with van der Waals surface area (Å²) < 4.78 is 10.3. The van der Waals surface area contributed by atoms with Crippen LogP contribution in [0.5, 0.6) is 0 Å². The summed E-state index contributed by atoms with van der Waals surface area (Å²) in [6, 6.07) is 3.70. The second-order valence-electron chi connectivity index (χ2n) is 4.65. The Hall–Kier alpha value is -2.08. The summed E-state index contributed by atoms with van der Waals surface area (Å²) in [5, 5.41) is 1.88. The van der Waals surface area contributed by atoms with E-state index in [4.69, 9.17) is 9.47 Å². The fourth-order valence-electron chi connectivity index (χ4n) is 1.35. The molecule has 0 N–H and O–H groups in total. The van der Waals surface area contributed by atoms with Crippen molar-refractivity contribution in [1.82, 2.24) is 4.90 Å². The van der Waals surface area contributed by atoms with Gasteiger partial charge in [0.25, 0.3) is 0 Å². The van der Waals surface area contributed by atoms with E-state index in [1.54, 1.807) is 20.2 Å². The molecule has 1 amide bonds. The van der Waals surface area contributed by atoms with Crippen molar-refractivity contribution in [3.8, 4) is 0 Å². The van der Waals surface area contributed by atoms with Crippen molar-refractivity contribution in [2.75, 3.05) is 20.7 Å². The molecule has 120 valence electrons. The first-order valence-electron chi connectivity index (χ1n) is 7.02. The average molecular weight is 323 g/mol. The van der Waals surface area contributed by atoms with E-state index in [-0.39, 0.29) is 0 Å². The zero-order valence-electron chi connectivity index (χ0n) is 13.1. The van der Waals surface area contributed by atoms with E-state index in [9.17, 15) is 9.59 Å². The van der Waals surface area contributed by atoms with Crippen LogP contribution in [-0.4, -0.2) is 37.7 Å². The standard InChI is InChI=1S/C16H21NO4S/c1-4-5-11-20-15(18)10-6-8-13(14-9-7-12-22-14)21-16(19)17(2)3/h6-10,12H,4-5,11H2,1-3H3/b10-6+,13-8+. The molecule has 1 aromatic rings. The molecule has 6 heteroatoms. The van der Waals surface area contributed by atoms with Crippen molar-refractivity contribution in [2.24, 2.45) is 0 Å². The highest BCUT2D eigenvalue weighted by molar-refractivity contribution is 7.11. The molecule has 0 aliphatic heterocycles. The molecule has 0 radical (unpaired) electrons. The molecule has 0 unspecified atom stereocenters. The highest BCUT2D eigenvalue weighted by atomic mass is 32.1. The van der Waals surface area contributed by atoms with Crippen LogP contribution >= 0.6 is 11.3 Å². The third-order valence-electron chi connectivity index (χ3n) is 2.55. The molecule has 0 fully saturated rings. The van der Waals surface area contributed by atoms with Crippen molar-refractivity contribution in [3.05, 3.63) is 40.6 Å². The zero-order chi connectivity index (χ0) is 16.4. The van der Waals surface area contributed by atoms with E-state index < -0.39 is 12.1 Å². The van der Waals surface area contributed by atoms with Crippen LogP contribution < -0.4 is 0 Å². The molecule has 0 saturated carbocycles. The van der Waals surface area contributed by atoms with Crippen molar-refractivity contribution in [1.29, 1.82) is 0 Å². The molecule has 0 bridgehead atoms. The Labute approximate surface area is 134 Å². The van der Waals surface area contributed by atoms with Crippen LogP contribution in [0, 0.1) is 0 Å². The van der Waals surface area contributed by atoms with Gasteiger partial charge in [-0.3, -0.25) is 0 Å². The number of allylic oxidation sites excluding steroid dienone is 2. The third-order valence-corrected chi connectivity index (χ3v) is 3.43. The predicted molar refractivity (Wildman–Crippen MR) is 87.5 cm³/mol. The van der Waals surface area contributed by atoms with Crippen LogP contribution in [0.4, 0.5) is 4.79 Å². The van der Waals surface area contributed by atoms with E-state index >= 15 is 0 Å². The molecule has 22 heavy (non-hydrogen) atoms. The van der Waals surface area contributed by atoms with E-state index in [0.29, 0.717) is 12.4 Å². The maximum absolute atomic E-state index is 11.7. The van der Waals surface area contributed by atoms with Gasteiger partial charge >= 0.3 is 12.1 Å². The SMILES string of the molecule is CCCCOC(=O)/C=C/C=C(/OC(=O)N(C)C)c1cccs1. The molecule has 1 rings (SSSR count). The normalized spacial score (nSPS) is 11.5. The lowest BCUT2D eigenvalue weighted by molar-refractivity contribution is -0.137. The van der Waals surface area contributed by atoms with E-state index in [0.717, 1.165) is 17.7 Å². The smallest absolute Gasteiger partial charge is 0.414 e. The Morgan fingerprint density at radius 3 is 2.73 bits per heavy atom. The molecule has 0 aliphatic rings. The number of carbonyl (C=O) groups excluding carboxylic acids is 2. The van der Waals surface area contributed by atoms with Gasteiger partial charge in [-0.15, -0.1) is 11.3 Å². The summed E-state index contributed by atoms with van der Waals surface area (Å²) in [5.41, 5.74) is 0. The summed E-state index contributed by atoms with van der Waals surface area (Å²) in [7, 11) is 3.21. The minimum absolute atomic E-state index is 0.395. The van der Waals surface area contributed by atoms with Gasteiger partial charge in [-0.1, -0.05) is 25.5 Å². The summed E-state index contributed by atoms with van der Waals surface area (Å²) in [6.45, 7) is 2.44. The second kappa shape index (κ2) is 9.78. The molecule has 0 spiro atoms. The molecule has 1 aromatic heterocycles. The molecular weight excluding hydrogens is 302 g/mol. The summed E-state index contributed by atoms with van der Waals surface area (Å²) in [4.78, 5) is 25.3. The van der Waals surface area contributed by atoms with Crippen LogP contribution in [0.3, 0.4) is 0 Å². The number of hydrogen-bond acceptors (Lipinski definition) is 5. The number of ether oxygens (including phenoxy) is 2. The van der Waals surface area contributed by atoms with Gasteiger partial charge in [0.1, 0.15) is 5.76 Å². The molecular formula is C16H21NO4S. The van der Waals surface area contributed by atoms with Crippen LogP contribution in [0.2, 0.25) is 0 Å². The van der Waals surface area contributed by atoms with Gasteiger partial charge in [0.2, 0.25) is 0 Å². The largest absolute Gasteiger partial charge is 0.463 e. The average Bonchev–Trinajstić information content (AvgIpc) is 3.00. The number of thiophene rings is 1. The number of amides is 1. The van der Waals surface area contributed by atoms with Gasteiger partial charge in [-0.2, -0.15) is 0 Å². The molecule has 5 nitrogen and oxygen atoms in total. The summed E-state index contributed by atoms with van der Waals surface area (Å²) in [5.74, 6) is -0.0135. The Morgan fingerprint density at radius 2 is 2.14 bits per heavy atom. The number of carbonyl (C=O) groups is 2. The van der Waals surface area contributed by atoms with Crippen molar-refractivity contribution in [3.63, 3.8) is 0 Å². The highest BCUT2D eigenvalue weighted by Gasteiger charge is 2.11. The van der Waals surface area contributed by atoms with Crippen molar-refractivity contribution >= 4 is 29.2 Å². The first-order chi connectivity index (χ1) is 10.5. The van der Waals surface area contributed by atoms with Crippen LogP contribution in [0.1, 0.15) is 24.6 Å². The van der Waals surface area contributed by atoms with E-state index in [2.05, 4.69) is 0 Å². The predicted octanol–water partition coefficient (Wildman–Crippen LogP) is 3.69. The number of esters is 1. The molecule has 1 heterocycles. The Morgan fingerprint density at radius 1 is 1.36 bits per heavy atom. The molecule has 0 aliphatic carbocycles. The molecule has 0 aromatic carbocycles. The summed E-state index contributed by atoms with van der Waals surface area (Å²) in [6.07, 6.45) is 5.75. The maximum Gasteiger partial charge on any atom is 0.414 e. The van der Waals surface area contributed by atoms with Crippen molar-refractivity contribution in [2.45, 2.75) is 19.8 Å². The molecule has 0 saturated heterocycles. The third kappa shape index (κ3) is 6.58. The van der Waals surface area contributed by atoms with Gasteiger partial charge in [0.05, 0.1) is 11.5 Å².